The fourth-order valence-electron chi connectivity index (χ4n) is 2.15. The third kappa shape index (κ3) is 2.17. The van der Waals surface area contributed by atoms with Crippen LogP contribution in [-0.4, -0.2) is 16.0 Å². The zero-order chi connectivity index (χ0) is 14.1. The zero-order valence-corrected chi connectivity index (χ0v) is 11.6. The maximum atomic E-state index is 11.3. The van der Waals surface area contributed by atoms with Crippen molar-refractivity contribution in [2.24, 2.45) is 0 Å². The highest BCUT2D eigenvalue weighted by Gasteiger charge is 2.09. The van der Waals surface area contributed by atoms with Gasteiger partial charge in [0.25, 0.3) is 0 Å². The number of rotatable bonds is 2. The van der Waals surface area contributed by atoms with Crippen molar-refractivity contribution in [3.63, 3.8) is 0 Å². The first kappa shape index (κ1) is 12.8. The zero-order valence-electron chi connectivity index (χ0n) is 10.8. The first-order chi connectivity index (χ1) is 9.66. The van der Waals surface area contributed by atoms with E-state index in [-0.39, 0.29) is 5.78 Å². The van der Waals surface area contributed by atoms with Crippen LogP contribution in [0.2, 0.25) is 5.15 Å². The first-order valence-corrected chi connectivity index (χ1v) is 6.57. The molecule has 0 N–H and O–H groups in total. The fourth-order valence-corrected chi connectivity index (χ4v) is 2.35. The molecule has 0 atom stereocenters. The number of benzene rings is 2. The summed E-state index contributed by atoms with van der Waals surface area (Å²) >= 11 is 6.06. The summed E-state index contributed by atoms with van der Waals surface area (Å²) in [5, 5.41) is 10.4. The minimum atomic E-state index is 0.0450. The Hall–Kier alpha value is -2.26. The molecule has 0 amide bonds. The summed E-state index contributed by atoms with van der Waals surface area (Å²) in [6.07, 6.45) is 0. The third-order valence-corrected chi connectivity index (χ3v) is 3.49. The molecule has 0 unspecified atom stereocenters. The van der Waals surface area contributed by atoms with E-state index in [4.69, 9.17) is 11.6 Å². The van der Waals surface area contributed by atoms with E-state index < -0.39 is 0 Å². The van der Waals surface area contributed by atoms with Crippen molar-refractivity contribution in [1.29, 1.82) is 0 Å². The summed E-state index contributed by atoms with van der Waals surface area (Å²) in [5.41, 5.74) is 2.36. The molecule has 0 spiro atoms. The van der Waals surface area contributed by atoms with Crippen LogP contribution in [0.3, 0.4) is 0 Å². The Morgan fingerprint density at radius 1 is 0.950 bits per heavy atom. The molecular formula is C16H11ClN2O. The standard InChI is InChI=1S/C16H11ClN2O/c1-10(20)11-6-8-12(9-7-11)15-13-4-2-3-5-14(13)16(17)19-18-15/h2-9H,1H3. The highest BCUT2D eigenvalue weighted by molar-refractivity contribution is 6.34. The normalized spacial score (nSPS) is 10.7. The number of aromatic nitrogens is 2. The van der Waals surface area contributed by atoms with Gasteiger partial charge in [0.2, 0.25) is 0 Å². The molecule has 0 aliphatic rings. The van der Waals surface area contributed by atoms with E-state index in [0.717, 1.165) is 22.0 Å². The van der Waals surface area contributed by atoms with E-state index in [1.807, 2.05) is 36.4 Å². The van der Waals surface area contributed by atoms with Crippen molar-refractivity contribution < 1.29 is 4.79 Å². The van der Waals surface area contributed by atoms with E-state index >= 15 is 0 Å². The van der Waals surface area contributed by atoms with Gasteiger partial charge < -0.3 is 0 Å². The molecule has 0 saturated heterocycles. The lowest BCUT2D eigenvalue weighted by Gasteiger charge is -2.06. The number of ketones is 1. The largest absolute Gasteiger partial charge is 0.295 e. The molecule has 20 heavy (non-hydrogen) atoms. The third-order valence-electron chi connectivity index (χ3n) is 3.21. The van der Waals surface area contributed by atoms with Gasteiger partial charge in [0.05, 0.1) is 0 Å². The molecule has 98 valence electrons. The molecule has 0 bridgehead atoms. The van der Waals surface area contributed by atoms with Crippen LogP contribution in [0.1, 0.15) is 17.3 Å². The summed E-state index contributed by atoms with van der Waals surface area (Å²) in [6.45, 7) is 1.55. The topological polar surface area (TPSA) is 42.9 Å². The molecule has 0 saturated carbocycles. The highest BCUT2D eigenvalue weighted by Crippen LogP contribution is 2.29. The molecule has 0 radical (unpaired) electrons. The molecule has 3 rings (SSSR count). The minimum absolute atomic E-state index is 0.0450. The Kier molecular flexibility index (Phi) is 3.20. The van der Waals surface area contributed by atoms with Gasteiger partial charge in [0, 0.05) is 21.9 Å². The van der Waals surface area contributed by atoms with Crippen LogP contribution < -0.4 is 0 Å². The number of carbonyl (C=O) groups excluding carboxylic acids is 1. The van der Waals surface area contributed by atoms with Gasteiger partial charge in [0.15, 0.2) is 10.9 Å². The number of fused-ring (bicyclic) bond motifs is 1. The lowest BCUT2D eigenvalue weighted by atomic mass is 10.0. The molecular weight excluding hydrogens is 272 g/mol. The number of halogens is 1. The van der Waals surface area contributed by atoms with Crippen molar-refractivity contribution in [3.8, 4) is 11.3 Å². The molecule has 1 heterocycles. The average molecular weight is 283 g/mol. The van der Waals surface area contributed by atoms with Crippen LogP contribution in [0.4, 0.5) is 0 Å². The van der Waals surface area contributed by atoms with Gasteiger partial charge in [-0.15, -0.1) is 10.2 Å². The van der Waals surface area contributed by atoms with E-state index in [1.165, 1.54) is 0 Å². The number of hydrogen-bond acceptors (Lipinski definition) is 3. The summed E-state index contributed by atoms with van der Waals surface area (Å²) in [6, 6.07) is 15.1. The summed E-state index contributed by atoms with van der Waals surface area (Å²) in [7, 11) is 0. The smallest absolute Gasteiger partial charge is 0.159 e. The monoisotopic (exact) mass is 282 g/mol. The Morgan fingerprint density at radius 2 is 1.60 bits per heavy atom. The van der Waals surface area contributed by atoms with E-state index in [2.05, 4.69) is 10.2 Å². The van der Waals surface area contributed by atoms with Gasteiger partial charge in [0.1, 0.15) is 5.69 Å². The fraction of sp³-hybridized carbons (Fsp3) is 0.0625. The van der Waals surface area contributed by atoms with Gasteiger partial charge in [-0.05, 0) is 6.92 Å². The average Bonchev–Trinajstić information content (AvgIpc) is 2.48. The van der Waals surface area contributed by atoms with Crippen LogP contribution in [0.15, 0.2) is 48.5 Å². The Labute approximate surface area is 121 Å². The van der Waals surface area contributed by atoms with Crippen molar-refractivity contribution >= 4 is 28.2 Å². The number of nitrogens with zero attached hydrogens (tertiary/aromatic N) is 2. The second-order valence-corrected chi connectivity index (χ2v) is 4.88. The van der Waals surface area contributed by atoms with Gasteiger partial charge in [-0.25, -0.2) is 0 Å². The molecule has 3 nitrogen and oxygen atoms in total. The molecule has 0 aliphatic carbocycles. The maximum absolute atomic E-state index is 11.3. The van der Waals surface area contributed by atoms with Gasteiger partial charge in [-0.1, -0.05) is 60.1 Å². The maximum Gasteiger partial charge on any atom is 0.159 e. The molecule has 4 heteroatoms. The molecule has 1 aromatic heterocycles. The van der Waals surface area contributed by atoms with Gasteiger partial charge in [-0.3, -0.25) is 4.79 Å². The first-order valence-electron chi connectivity index (χ1n) is 6.19. The lowest BCUT2D eigenvalue weighted by Crippen LogP contribution is -1.94. The lowest BCUT2D eigenvalue weighted by molar-refractivity contribution is 0.101. The second-order valence-electron chi connectivity index (χ2n) is 4.52. The second kappa shape index (κ2) is 5.02. The summed E-state index contributed by atoms with van der Waals surface area (Å²) < 4.78 is 0. The number of carbonyl (C=O) groups is 1. The van der Waals surface area contributed by atoms with Crippen LogP contribution in [0.5, 0.6) is 0 Å². The number of Topliss-reactive ketones (excluding diaryl/α,β-unsaturated/α-hetero) is 1. The SMILES string of the molecule is CC(=O)c1ccc(-c2nnc(Cl)c3ccccc23)cc1. The number of hydrogen-bond donors (Lipinski definition) is 0. The predicted octanol–water partition coefficient (Wildman–Crippen LogP) is 4.15. The predicted molar refractivity (Wildman–Crippen MR) is 80.0 cm³/mol. The summed E-state index contributed by atoms with van der Waals surface area (Å²) in [4.78, 5) is 11.3. The van der Waals surface area contributed by atoms with Gasteiger partial charge >= 0.3 is 0 Å². The van der Waals surface area contributed by atoms with E-state index in [1.54, 1.807) is 19.1 Å². The van der Waals surface area contributed by atoms with E-state index in [0.29, 0.717) is 10.7 Å². The van der Waals surface area contributed by atoms with Crippen LogP contribution in [0, 0.1) is 0 Å². The van der Waals surface area contributed by atoms with Crippen LogP contribution in [0.25, 0.3) is 22.0 Å². The Bertz CT molecular complexity index is 797. The Balaban J connectivity index is 2.19. The molecule has 2 aromatic carbocycles. The van der Waals surface area contributed by atoms with Crippen LogP contribution in [-0.2, 0) is 0 Å². The molecule has 3 aromatic rings. The highest BCUT2D eigenvalue weighted by atomic mass is 35.5. The van der Waals surface area contributed by atoms with Crippen molar-refractivity contribution in [2.75, 3.05) is 0 Å². The quantitative estimate of drug-likeness (QED) is 0.663. The minimum Gasteiger partial charge on any atom is -0.295 e. The van der Waals surface area contributed by atoms with Crippen molar-refractivity contribution in [3.05, 3.63) is 59.2 Å². The van der Waals surface area contributed by atoms with Crippen molar-refractivity contribution in [2.45, 2.75) is 6.92 Å². The van der Waals surface area contributed by atoms with Crippen LogP contribution >= 0.6 is 11.6 Å². The molecule has 0 fully saturated rings. The molecule has 0 aliphatic heterocycles. The van der Waals surface area contributed by atoms with Gasteiger partial charge in [-0.2, -0.15) is 0 Å². The summed E-state index contributed by atoms with van der Waals surface area (Å²) in [5.74, 6) is 0.0450. The van der Waals surface area contributed by atoms with E-state index in [9.17, 15) is 4.79 Å². The Morgan fingerprint density at radius 3 is 2.25 bits per heavy atom. The van der Waals surface area contributed by atoms with Crippen molar-refractivity contribution in [1.82, 2.24) is 10.2 Å².